The summed E-state index contributed by atoms with van der Waals surface area (Å²) < 4.78 is 20.4. The lowest BCUT2D eigenvalue weighted by molar-refractivity contribution is 0.327. The second-order valence-corrected chi connectivity index (χ2v) is 3.17. The molecular formula is C6H16N2O2S. The fraction of sp³-hybridized carbons (Fsp3) is 1.00. The second-order valence-electron chi connectivity index (χ2n) is 2.26. The first-order valence-corrected chi connectivity index (χ1v) is 4.84. The molecule has 0 bridgehead atoms. The van der Waals surface area contributed by atoms with Crippen molar-refractivity contribution in [3.8, 4) is 0 Å². The minimum atomic E-state index is -1.88. The van der Waals surface area contributed by atoms with Crippen LogP contribution in [-0.2, 0) is 11.3 Å². The maximum atomic E-state index is 10.5. The quantitative estimate of drug-likeness (QED) is 0.360. The predicted molar refractivity (Wildman–Crippen MR) is 46.1 cm³/mol. The summed E-state index contributed by atoms with van der Waals surface area (Å²) in [5.41, 5.74) is 2.64. The molecule has 0 rings (SSSR count). The maximum absolute atomic E-state index is 10.5. The molecular weight excluding hydrogens is 164 g/mol. The smallest absolute Gasteiger partial charge is 0.248 e. The summed E-state index contributed by atoms with van der Waals surface area (Å²) in [6.45, 7) is 2.72. The predicted octanol–water partition coefficient (Wildman–Crippen LogP) is 0.750. The van der Waals surface area contributed by atoms with Crippen LogP contribution in [0, 0.1) is 0 Å². The fourth-order valence-electron chi connectivity index (χ4n) is 0.773. The molecule has 0 spiro atoms. The van der Waals surface area contributed by atoms with E-state index in [0.29, 0.717) is 6.54 Å². The van der Waals surface area contributed by atoms with E-state index in [9.17, 15) is 4.21 Å². The standard InChI is InChI=1S/C6H16N2O2S/c1-3-4-5-6-8(7-2)11(9)10/h7H,3-6H2,1-2H3,(H,9,10). The Morgan fingerprint density at radius 3 is 2.55 bits per heavy atom. The number of nitrogens with zero attached hydrogens (tertiary/aromatic N) is 1. The molecule has 5 heteroatoms. The fourth-order valence-corrected chi connectivity index (χ4v) is 1.21. The molecule has 4 nitrogen and oxygen atoms in total. The average Bonchev–Trinajstić information content (AvgIpc) is 1.97. The highest BCUT2D eigenvalue weighted by atomic mass is 32.2. The highest BCUT2D eigenvalue weighted by molar-refractivity contribution is 7.76. The lowest BCUT2D eigenvalue weighted by Crippen LogP contribution is -2.37. The lowest BCUT2D eigenvalue weighted by Gasteiger charge is -2.14. The number of hydrogen-bond donors (Lipinski definition) is 2. The molecule has 68 valence electrons. The van der Waals surface area contributed by atoms with E-state index in [-0.39, 0.29) is 0 Å². The largest absolute Gasteiger partial charge is 0.293 e. The molecule has 0 saturated carbocycles. The number of hydrogen-bond acceptors (Lipinski definition) is 2. The second kappa shape index (κ2) is 6.72. The molecule has 0 aromatic heterocycles. The van der Waals surface area contributed by atoms with E-state index in [1.807, 2.05) is 0 Å². The minimum Gasteiger partial charge on any atom is -0.293 e. The third-order valence-electron chi connectivity index (χ3n) is 1.40. The van der Waals surface area contributed by atoms with E-state index >= 15 is 0 Å². The topological polar surface area (TPSA) is 52.6 Å². The van der Waals surface area contributed by atoms with Crippen molar-refractivity contribution in [3.05, 3.63) is 0 Å². The monoisotopic (exact) mass is 180 g/mol. The number of nitrogens with one attached hydrogen (secondary N) is 1. The van der Waals surface area contributed by atoms with Gasteiger partial charge in [-0.2, -0.15) is 0 Å². The van der Waals surface area contributed by atoms with Crippen molar-refractivity contribution in [1.29, 1.82) is 0 Å². The molecule has 0 radical (unpaired) electrons. The Hall–Kier alpha value is 0.0300. The van der Waals surface area contributed by atoms with Gasteiger partial charge in [-0.15, -0.1) is 4.41 Å². The Labute approximate surface area is 70.4 Å². The normalized spacial score (nSPS) is 13.8. The highest BCUT2D eigenvalue weighted by Gasteiger charge is 2.05. The molecule has 0 aliphatic heterocycles. The van der Waals surface area contributed by atoms with Crippen molar-refractivity contribution >= 4 is 11.3 Å². The van der Waals surface area contributed by atoms with Gasteiger partial charge >= 0.3 is 0 Å². The molecule has 0 amide bonds. The molecule has 0 aromatic rings. The first kappa shape index (κ1) is 11.0. The zero-order valence-corrected chi connectivity index (χ0v) is 7.86. The van der Waals surface area contributed by atoms with Crippen LogP contribution in [0.5, 0.6) is 0 Å². The highest BCUT2D eigenvalue weighted by Crippen LogP contribution is 1.96. The third kappa shape index (κ3) is 5.32. The first-order chi connectivity index (χ1) is 5.22. The number of unbranched alkanes of at least 4 members (excludes halogenated alkanes) is 2. The van der Waals surface area contributed by atoms with Crippen LogP contribution in [-0.4, -0.2) is 26.8 Å². The Morgan fingerprint density at radius 2 is 2.18 bits per heavy atom. The molecule has 0 aliphatic rings. The van der Waals surface area contributed by atoms with E-state index in [4.69, 9.17) is 4.55 Å². The van der Waals surface area contributed by atoms with Crippen LogP contribution in [0.2, 0.25) is 0 Å². The Morgan fingerprint density at radius 1 is 1.55 bits per heavy atom. The van der Waals surface area contributed by atoms with Crippen molar-refractivity contribution in [1.82, 2.24) is 9.84 Å². The van der Waals surface area contributed by atoms with Crippen LogP contribution in [0.4, 0.5) is 0 Å². The summed E-state index contributed by atoms with van der Waals surface area (Å²) in [6, 6.07) is 0. The first-order valence-electron chi connectivity index (χ1n) is 3.78. The Balaban J connectivity index is 3.44. The molecule has 0 fully saturated rings. The summed E-state index contributed by atoms with van der Waals surface area (Å²) in [7, 11) is 1.64. The van der Waals surface area contributed by atoms with E-state index in [2.05, 4.69) is 12.3 Å². The van der Waals surface area contributed by atoms with Crippen LogP contribution in [0.3, 0.4) is 0 Å². The van der Waals surface area contributed by atoms with Crippen molar-refractivity contribution in [2.24, 2.45) is 0 Å². The summed E-state index contributed by atoms with van der Waals surface area (Å²) in [5.74, 6) is 0. The van der Waals surface area contributed by atoms with E-state index < -0.39 is 11.3 Å². The summed E-state index contributed by atoms with van der Waals surface area (Å²) >= 11 is -1.88. The lowest BCUT2D eigenvalue weighted by atomic mass is 10.2. The zero-order chi connectivity index (χ0) is 8.69. The molecule has 0 aromatic carbocycles. The molecule has 0 heterocycles. The summed E-state index contributed by atoms with van der Waals surface area (Å²) in [6.07, 6.45) is 3.16. The van der Waals surface area contributed by atoms with Gasteiger partial charge in [0.25, 0.3) is 0 Å². The summed E-state index contributed by atoms with van der Waals surface area (Å²) in [4.78, 5) is 0. The van der Waals surface area contributed by atoms with Crippen LogP contribution < -0.4 is 5.43 Å². The van der Waals surface area contributed by atoms with Crippen LogP contribution in [0.25, 0.3) is 0 Å². The average molecular weight is 180 g/mol. The third-order valence-corrected chi connectivity index (χ3v) is 2.14. The minimum absolute atomic E-state index is 0.619. The van der Waals surface area contributed by atoms with E-state index in [1.165, 1.54) is 4.41 Å². The maximum Gasteiger partial charge on any atom is 0.248 e. The van der Waals surface area contributed by atoms with Crippen molar-refractivity contribution in [3.63, 3.8) is 0 Å². The van der Waals surface area contributed by atoms with Crippen LogP contribution >= 0.6 is 0 Å². The molecule has 2 N–H and O–H groups in total. The van der Waals surface area contributed by atoms with Crippen molar-refractivity contribution in [2.75, 3.05) is 13.6 Å². The molecule has 1 unspecified atom stereocenters. The van der Waals surface area contributed by atoms with Gasteiger partial charge in [0, 0.05) is 6.54 Å². The molecule has 11 heavy (non-hydrogen) atoms. The zero-order valence-electron chi connectivity index (χ0n) is 7.04. The van der Waals surface area contributed by atoms with Gasteiger partial charge in [-0.05, 0) is 13.5 Å². The van der Waals surface area contributed by atoms with Crippen LogP contribution in [0.1, 0.15) is 26.2 Å². The van der Waals surface area contributed by atoms with Gasteiger partial charge < -0.3 is 0 Å². The van der Waals surface area contributed by atoms with Gasteiger partial charge in [-0.25, -0.2) is 9.63 Å². The number of rotatable bonds is 6. The van der Waals surface area contributed by atoms with Gasteiger partial charge in [0.05, 0.1) is 0 Å². The van der Waals surface area contributed by atoms with Gasteiger partial charge in [-0.1, -0.05) is 19.8 Å². The van der Waals surface area contributed by atoms with Gasteiger partial charge in [0.1, 0.15) is 0 Å². The van der Waals surface area contributed by atoms with Gasteiger partial charge in [-0.3, -0.25) is 4.55 Å². The van der Waals surface area contributed by atoms with Crippen LogP contribution in [0.15, 0.2) is 0 Å². The summed E-state index contributed by atoms with van der Waals surface area (Å²) in [5, 5.41) is 0. The molecule has 1 atom stereocenters. The van der Waals surface area contributed by atoms with Crippen molar-refractivity contribution in [2.45, 2.75) is 26.2 Å². The van der Waals surface area contributed by atoms with Gasteiger partial charge in [0.15, 0.2) is 0 Å². The van der Waals surface area contributed by atoms with Crippen molar-refractivity contribution < 1.29 is 8.76 Å². The number of hydrazine groups is 1. The van der Waals surface area contributed by atoms with E-state index in [0.717, 1.165) is 19.3 Å². The van der Waals surface area contributed by atoms with Gasteiger partial charge in [0.2, 0.25) is 11.3 Å². The Kier molecular flexibility index (Phi) is 6.74. The van der Waals surface area contributed by atoms with E-state index in [1.54, 1.807) is 7.05 Å². The Bertz CT molecular complexity index is 121. The SMILES string of the molecule is CCCCCN(NC)S(=O)O. The molecule has 0 aliphatic carbocycles. The molecule has 0 saturated heterocycles.